The third kappa shape index (κ3) is 6.55. The Bertz CT molecular complexity index is 750. The molecule has 1 N–H and O–H groups in total. The Morgan fingerprint density at radius 3 is 1.19 bits per heavy atom. The summed E-state index contributed by atoms with van der Waals surface area (Å²) < 4.78 is 0. The summed E-state index contributed by atoms with van der Waals surface area (Å²) in [5, 5.41) is 11.4. The molecule has 0 heterocycles. The Labute approximate surface area is 235 Å². The van der Waals surface area contributed by atoms with E-state index in [1.165, 1.54) is 114 Å². The number of aromatic hydroxyl groups is 1. The molecule has 3 heteroatoms. The van der Waals surface area contributed by atoms with Crippen LogP contribution in [0.25, 0.3) is 0 Å². The van der Waals surface area contributed by atoms with Crippen molar-refractivity contribution in [1.82, 2.24) is 0 Å². The number of benzene rings is 1. The van der Waals surface area contributed by atoms with Gasteiger partial charge in [-0.25, -0.2) is 0 Å². The molecule has 0 saturated heterocycles. The maximum Gasteiger partial charge on any atom is 0.123 e. The minimum Gasteiger partial charge on any atom is -1.00 e. The van der Waals surface area contributed by atoms with Crippen LogP contribution < -0.4 is 17.0 Å². The quantitative estimate of drug-likeness (QED) is 0.358. The van der Waals surface area contributed by atoms with Gasteiger partial charge >= 0.3 is 0 Å². The fourth-order valence-electron chi connectivity index (χ4n) is 8.21. The van der Waals surface area contributed by atoms with Gasteiger partial charge in [-0.3, -0.25) is 0 Å². The van der Waals surface area contributed by atoms with Crippen molar-refractivity contribution in [2.24, 2.45) is 0 Å². The zero-order valence-corrected chi connectivity index (χ0v) is 27.0. The minimum atomic E-state index is -1.19. The van der Waals surface area contributed by atoms with Gasteiger partial charge < -0.3 is 22.1 Å². The molecule has 3 aliphatic carbocycles. The third-order valence-electron chi connectivity index (χ3n) is 10.0. The molecule has 0 atom stereocenters. The van der Waals surface area contributed by atoms with Crippen molar-refractivity contribution < 1.29 is 22.1 Å². The van der Waals surface area contributed by atoms with Gasteiger partial charge in [0.25, 0.3) is 0 Å². The first-order chi connectivity index (χ1) is 16.5. The molecule has 0 unspecified atom stereocenters. The second-order valence-electron chi connectivity index (χ2n) is 14.6. The van der Waals surface area contributed by atoms with E-state index in [0.717, 1.165) is 17.0 Å². The highest BCUT2D eigenvalue weighted by atomic mass is 79.9. The summed E-state index contributed by atoms with van der Waals surface area (Å²) in [4.78, 5) is 0. The lowest BCUT2D eigenvalue weighted by Crippen LogP contribution is -3.00. The molecule has 3 saturated carbocycles. The van der Waals surface area contributed by atoms with Gasteiger partial charge in [0, 0.05) is 7.26 Å². The topological polar surface area (TPSA) is 20.2 Å². The summed E-state index contributed by atoms with van der Waals surface area (Å²) in [6.07, 6.45) is 23.7. The van der Waals surface area contributed by atoms with Crippen LogP contribution >= 0.6 is 7.26 Å². The normalized spacial score (nSPS) is 21.8. The van der Waals surface area contributed by atoms with Gasteiger partial charge in [0.05, 0.1) is 23.1 Å². The molecule has 206 valence electrons. The zero-order valence-electron chi connectivity index (χ0n) is 24.5. The largest absolute Gasteiger partial charge is 1.00 e. The molecule has 0 aromatic heterocycles. The van der Waals surface area contributed by atoms with Gasteiger partial charge in [0.1, 0.15) is 5.75 Å². The van der Waals surface area contributed by atoms with E-state index in [2.05, 4.69) is 53.7 Å². The maximum atomic E-state index is 11.4. The number of hydrogen-bond acceptors (Lipinski definition) is 1. The third-order valence-corrected chi connectivity index (χ3v) is 16.5. The summed E-state index contributed by atoms with van der Waals surface area (Å²) in [7, 11) is -1.19. The van der Waals surface area contributed by atoms with Gasteiger partial charge in [-0.2, -0.15) is 0 Å². The van der Waals surface area contributed by atoms with Crippen LogP contribution in [0.15, 0.2) is 12.1 Å². The van der Waals surface area contributed by atoms with Crippen LogP contribution in [0, 0.1) is 0 Å². The fraction of sp³-hybridized carbons (Fsp3) is 0.818. The molecule has 0 radical (unpaired) electrons. The Morgan fingerprint density at radius 1 is 0.611 bits per heavy atom. The molecule has 3 aliphatic rings. The fourth-order valence-corrected chi connectivity index (χ4v) is 15.6. The standard InChI is InChI=1S/C33H55OP.BrH/c1-32(2,3)29-22-25(23-30(31(29)34)33(4,5)6)24-35(26-16-10-7-11-17-26,27-18-12-8-13-19-27)28-20-14-9-15-21-28;/h22-23,26-28H,7-21,24H2,1-6H3;1H. The minimum absolute atomic E-state index is 0. The second kappa shape index (κ2) is 12.4. The van der Waals surface area contributed by atoms with E-state index in [0.29, 0.717) is 5.75 Å². The van der Waals surface area contributed by atoms with Crippen LogP contribution in [0.3, 0.4) is 0 Å². The average Bonchev–Trinajstić information content (AvgIpc) is 2.83. The van der Waals surface area contributed by atoms with Gasteiger partial charge in [-0.1, -0.05) is 60.8 Å². The molecule has 36 heavy (non-hydrogen) atoms. The SMILES string of the molecule is CC(C)(C)c1cc(C[P+](C2CCCCC2)(C2CCCCC2)C2CCCCC2)cc(C(C)(C)C)c1O.[Br-]. The van der Waals surface area contributed by atoms with Crippen molar-refractivity contribution in [3.8, 4) is 5.75 Å². The molecule has 0 bridgehead atoms. The Hall–Kier alpha value is -0.0700. The van der Waals surface area contributed by atoms with Crippen molar-refractivity contribution in [3.63, 3.8) is 0 Å². The van der Waals surface area contributed by atoms with E-state index in [9.17, 15) is 5.11 Å². The predicted octanol–water partition coefficient (Wildman–Crippen LogP) is 7.51. The summed E-state index contributed by atoms with van der Waals surface area (Å²) >= 11 is 0. The van der Waals surface area contributed by atoms with E-state index in [-0.39, 0.29) is 27.8 Å². The van der Waals surface area contributed by atoms with E-state index >= 15 is 0 Å². The first kappa shape index (κ1) is 30.5. The molecule has 1 nitrogen and oxygen atoms in total. The van der Waals surface area contributed by atoms with Gasteiger partial charge in [-0.05, 0) is 117 Å². The van der Waals surface area contributed by atoms with Crippen LogP contribution in [0.4, 0.5) is 0 Å². The van der Waals surface area contributed by atoms with Crippen LogP contribution in [-0.4, -0.2) is 22.1 Å². The molecule has 1 aromatic carbocycles. The number of phenols is 1. The summed E-state index contributed by atoms with van der Waals surface area (Å²) in [5.41, 5.74) is 6.87. The number of rotatable bonds is 5. The lowest BCUT2D eigenvalue weighted by molar-refractivity contribution is -0.00000950. The summed E-state index contributed by atoms with van der Waals surface area (Å²) in [6, 6.07) is 4.93. The molecule has 0 amide bonds. The Kier molecular flexibility index (Phi) is 10.5. The molecule has 0 spiro atoms. The number of hydrogen-bond donors (Lipinski definition) is 1. The van der Waals surface area contributed by atoms with Crippen molar-refractivity contribution >= 4 is 7.26 Å². The first-order valence-corrected chi connectivity index (χ1v) is 17.5. The highest BCUT2D eigenvalue weighted by molar-refractivity contribution is 7.77. The van der Waals surface area contributed by atoms with E-state index in [1.807, 2.05) is 0 Å². The van der Waals surface area contributed by atoms with E-state index < -0.39 is 7.26 Å². The smallest absolute Gasteiger partial charge is 0.123 e. The molecule has 1 aromatic rings. The van der Waals surface area contributed by atoms with Gasteiger partial charge in [0.15, 0.2) is 0 Å². The lowest BCUT2D eigenvalue weighted by Gasteiger charge is -2.49. The maximum absolute atomic E-state index is 11.4. The molecule has 0 aliphatic heterocycles. The highest BCUT2D eigenvalue weighted by Gasteiger charge is 2.57. The van der Waals surface area contributed by atoms with Crippen LogP contribution in [0.1, 0.15) is 155 Å². The van der Waals surface area contributed by atoms with E-state index in [4.69, 9.17) is 0 Å². The Balaban J connectivity index is 0.00000361. The van der Waals surface area contributed by atoms with Crippen LogP contribution in [0.2, 0.25) is 0 Å². The number of phenolic OH excluding ortho intramolecular Hbond substituents is 1. The van der Waals surface area contributed by atoms with Crippen molar-refractivity contribution in [1.29, 1.82) is 0 Å². The molecule has 4 rings (SSSR count). The first-order valence-electron chi connectivity index (χ1n) is 15.3. The zero-order chi connectivity index (χ0) is 25.3. The second-order valence-corrected chi connectivity index (χ2v) is 19.1. The average molecular weight is 580 g/mol. The molecular weight excluding hydrogens is 523 g/mol. The van der Waals surface area contributed by atoms with Gasteiger partial charge in [0.2, 0.25) is 0 Å². The highest BCUT2D eigenvalue weighted by Crippen LogP contribution is 2.79. The van der Waals surface area contributed by atoms with Crippen LogP contribution in [0.5, 0.6) is 5.75 Å². The number of halogens is 1. The molecular formula is C33H56BrOP. The van der Waals surface area contributed by atoms with Crippen molar-refractivity contribution in [2.75, 3.05) is 0 Å². The molecule has 3 fully saturated rings. The summed E-state index contributed by atoms with van der Waals surface area (Å²) in [6.45, 7) is 13.7. The van der Waals surface area contributed by atoms with E-state index in [1.54, 1.807) is 5.56 Å². The van der Waals surface area contributed by atoms with Crippen molar-refractivity contribution in [3.05, 3.63) is 28.8 Å². The van der Waals surface area contributed by atoms with Crippen molar-refractivity contribution in [2.45, 2.75) is 172 Å². The summed E-state index contributed by atoms with van der Waals surface area (Å²) in [5.74, 6) is 0.561. The lowest BCUT2D eigenvalue weighted by atomic mass is 9.78. The predicted molar refractivity (Wildman–Crippen MR) is 157 cm³/mol. The van der Waals surface area contributed by atoms with Gasteiger partial charge in [-0.15, -0.1) is 0 Å². The Morgan fingerprint density at radius 2 is 0.917 bits per heavy atom. The monoisotopic (exact) mass is 578 g/mol. The van der Waals surface area contributed by atoms with Crippen LogP contribution in [-0.2, 0) is 17.0 Å².